The van der Waals surface area contributed by atoms with Crippen molar-refractivity contribution in [2.75, 3.05) is 25.2 Å². The van der Waals surface area contributed by atoms with E-state index in [0.29, 0.717) is 57.4 Å². The Kier molecular flexibility index (Phi) is 8.52. The van der Waals surface area contributed by atoms with Crippen molar-refractivity contribution in [2.45, 2.75) is 20.5 Å². The molecule has 0 aromatic heterocycles. The van der Waals surface area contributed by atoms with Crippen LogP contribution in [0.4, 0.5) is 5.69 Å². The van der Waals surface area contributed by atoms with Gasteiger partial charge in [-0.25, -0.2) is 0 Å². The summed E-state index contributed by atoms with van der Waals surface area (Å²) in [6.07, 6.45) is 1.71. The van der Waals surface area contributed by atoms with Gasteiger partial charge in [-0.05, 0) is 80.2 Å². The first-order valence-corrected chi connectivity index (χ1v) is 12.8. The Bertz CT molecular complexity index is 1430. The molecule has 1 aliphatic rings. The Morgan fingerprint density at radius 1 is 1.03 bits per heavy atom. The van der Waals surface area contributed by atoms with Crippen molar-refractivity contribution in [3.8, 4) is 23.3 Å². The molecular weight excluding hydrogens is 522 g/mol. The number of rotatable bonds is 9. The minimum atomic E-state index is -0.260. The van der Waals surface area contributed by atoms with E-state index in [1.165, 1.54) is 4.90 Å². The number of hydrogen-bond acceptors (Lipinski definition) is 6. The lowest BCUT2D eigenvalue weighted by Crippen LogP contribution is -2.31. The molecule has 0 atom stereocenters. The topological polar surface area (TPSA) is 75.0 Å². The number of thiocarbonyl (C=S) groups is 1. The van der Waals surface area contributed by atoms with Gasteiger partial charge in [-0.1, -0.05) is 29.8 Å². The number of anilines is 1. The van der Waals surface area contributed by atoms with Crippen LogP contribution in [-0.2, 0) is 11.4 Å². The average Bonchev–Trinajstić information content (AvgIpc) is 3.12. The first-order valence-electron chi connectivity index (χ1n) is 12.0. The molecule has 0 bridgehead atoms. The van der Waals surface area contributed by atoms with E-state index in [9.17, 15) is 10.1 Å². The average molecular weight is 548 g/mol. The monoisotopic (exact) mass is 547 g/mol. The van der Waals surface area contributed by atoms with E-state index in [1.807, 2.05) is 26.0 Å². The maximum atomic E-state index is 13.4. The van der Waals surface area contributed by atoms with Gasteiger partial charge in [-0.3, -0.25) is 9.69 Å². The number of amides is 1. The molecule has 7 nitrogen and oxygen atoms in total. The third kappa shape index (κ3) is 5.59. The Morgan fingerprint density at radius 3 is 2.42 bits per heavy atom. The van der Waals surface area contributed by atoms with Gasteiger partial charge in [-0.2, -0.15) is 5.26 Å². The summed E-state index contributed by atoms with van der Waals surface area (Å²) in [5, 5.41) is 10.0. The molecule has 1 aliphatic heterocycles. The van der Waals surface area contributed by atoms with Crippen LogP contribution in [0.5, 0.6) is 17.2 Å². The summed E-state index contributed by atoms with van der Waals surface area (Å²) in [7, 11) is 1.75. The number of nitrogens with zero attached hydrogens (tertiary/aromatic N) is 3. The maximum Gasteiger partial charge on any atom is 0.281 e. The molecule has 1 heterocycles. The zero-order chi connectivity index (χ0) is 27.2. The molecule has 3 aromatic carbocycles. The van der Waals surface area contributed by atoms with Crippen molar-refractivity contribution in [3.05, 3.63) is 88.1 Å². The number of carbonyl (C=O) groups is 1. The van der Waals surface area contributed by atoms with Gasteiger partial charge >= 0.3 is 0 Å². The predicted octanol–water partition coefficient (Wildman–Crippen LogP) is 6.19. The number of hydrogen-bond donors (Lipinski definition) is 0. The van der Waals surface area contributed by atoms with E-state index >= 15 is 0 Å². The summed E-state index contributed by atoms with van der Waals surface area (Å²) >= 11 is 12.2. The Morgan fingerprint density at radius 2 is 1.74 bits per heavy atom. The van der Waals surface area contributed by atoms with Crippen LogP contribution >= 0.6 is 23.8 Å². The number of carbonyl (C=O) groups excluding carboxylic acids is 1. The normalized spacial score (nSPS) is 14.1. The van der Waals surface area contributed by atoms with Crippen molar-refractivity contribution in [1.82, 2.24) is 4.90 Å². The molecule has 1 amide bonds. The van der Waals surface area contributed by atoms with E-state index in [-0.39, 0.29) is 12.5 Å². The molecule has 1 saturated heterocycles. The van der Waals surface area contributed by atoms with Gasteiger partial charge in [0, 0.05) is 12.6 Å². The molecular formula is C29H26ClN3O4S. The molecule has 0 radical (unpaired) electrons. The number of benzene rings is 3. The summed E-state index contributed by atoms with van der Waals surface area (Å²) in [6.45, 7) is 4.86. The van der Waals surface area contributed by atoms with E-state index < -0.39 is 0 Å². The lowest BCUT2D eigenvalue weighted by molar-refractivity contribution is -0.114. The lowest BCUT2D eigenvalue weighted by Gasteiger charge is -2.17. The zero-order valence-electron chi connectivity index (χ0n) is 21.2. The largest absolute Gasteiger partial charge is 0.494 e. The second-order valence-corrected chi connectivity index (χ2v) is 9.03. The third-order valence-electron chi connectivity index (χ3n) is 5.81. The molecule has 0 N–H and O–H groups in total. The summed E-state index contributed by atoms with van der Waals surface area (Å²) in [5.41, 5.74) is 2.95. The summed E-state index contributed by atoms with van der Waals surface area (Å²) < 4.78 is 17.3. The summed E-state index contributed by atoms with van der Waals surface area (Å²) in [4.78, 5) is 16.5. The quantitative estimate of drug-likeness (QED) is 0.233. The molecule has 194 valence electrons. The van der Waals surface area contributed by atoms with Crippen LogP contribution in [0, 0.1) is 11.3 Å². The minimum absolute atomic E-state index is 0.149. The third-order valence-corrected chi connectivity index (χ3v) is 6.55. The highest BCUT2D eigenvalue weighted by atomic mass is 35.5. The van der Waals surface area contributed by atoms with Crippen LogP contribution in [0.2, 0.25) is 5.02 Å². The number of nitriles is 1. The molecule has 0 saturated carbocycles. The highest BCUT2D eigenvalue weighted by molar-refractivity contribution is 7.80. The van der Waals surface area contributed by atoms with Crippen molar-refractivity contribution >= 4 is 46.6 Å². The van der Waals surface area contributed by atoms with Crippen LogP contribution < -0.4 is 19.1 Å². The van der Waals surface area contributed by atoms with E-state index in [2.05, 4.69) is 6.07 Å². The number of likely N-dealkylation sites (N-methyl/N-ethyl adjacent to an activating group) is 1. The molecule has 0 spiro atoms. The Labute approximate surface area is 232 Å². The maximum absolute atomic E-state index is 13.4. The molecule has 3 aromatic rings. The highest BCUT2D eigenvalue weighted by Crippen LogP contribution is 2.39. The summed E-state index contributed by atoms with van der Waals surface area (Å²) in [5.74, 6) is 1.25. The second kappa shape index (κ2) is 12.0. The van der Waals surface area contributed by atoms with Gasteiger partial charge in [-0.15, -0.1) is 0 Å². The molecule has 9 heteroatoms. The zero-order valence-corrected chi connectivity index (χ0v) is 22.8. The van der Waals surface area contributed by atoms with Gasteiger partial charge in [0.05, 0.1) is 35.6 Å². The number of ether oxygens (including phenoxy) is 3. The van der Waals surface area contributed by atoms with Crippen LogP contribution in [0.25, 0.3) is 6.08 Å². The van der Waals surface area contributed by atoms with Crippen molar-refractivity contribution in [2.24, 2.45) is 0 Å². The van der Waals surface area contributed by atoms with Gasteiger partial charge in [0.25, 0.3) is 5.91 Å². The number of halogens is 1. The first kappa shape index (κ1) is 27.0. The SMILES string of the molecule is CCOc1ccc(N2C(=O)/C(=C/c3cc(Cl)c(OCc4ccccc4C#N)c(OCC)c3)N(C)C2=S)cc1. The highest BCUT2D eigenvalue weighted by Gasteiger charge is 2.37. The fourth-order valence-corrected chi connectivity index (χ4v) is 4.54. The minimum Gasteiger partial charge on any atom is -0.494 e. The summed E-state index contributed by atoms with van der Waals surface area (Å²) in [6, 6.07) is 20.0. The fraction of sp³-hybridized carbons (Fsp3) is 0.207. The van der Waals surface area contributed by atoms with Crippen LogP contribution in [0.3, 0.4) is 0 Å². The molecule has 1 fully saturated rings. The van der Waals surface area contributed by atoms with Crippen LogP contribution in [0.1, 0.15) is 30.5 Å². The fourth-order valence-electron chi connectivity index (χ4n) is 3.98. The van der Waals surface area contributed by atoms with Crippen LogP contribution in [-0.4, -0.2) is 36.2 Å². The molecule has 0 aliphatic carbocycles. The van der Waals surface area contributed by atoms with Gasteiger partial charge < -0.3 is 19.1 Å². The van der Waals surface area contributed by atoms with Gasteiger partial charge in [0.1, 0.15) is 18.1 Å². The first-order chi connectivity index (χ1) is 18.4. The van der Waals surface area contributed by atoms with Crippen molar-refractivity contribution < 1.29 is 19.0 Å². The van der Waals surface area contributed by atoms with E-state index in [4.69, 9.17) is 38.0 Å². The second-order valence-electron chi connectivity index (χ2n) is 8.26. The lowest BCUT2D eigenvalue weighted by atomic mass is 10.1. The van der Waals surface area contributed by atoms with Gasteiger partial charge in [0.15, 0.2) is 16.6 Å². The standard InChI is InChI=1S/C29H26ClN3O4S/c1-4-35-23-12-10-22(11-13-23)33-28(34)25(32(3)29(33)38)15-19-14-24(30)27(26(16-19)36-5-2)37-18-21-9-7-6-8-20(21)17-31/h6-16H,4-5,18H2,1-3H3/b25-15-. The van der Waals surface area contributed by atoms with E-state index in [1.54, 1.807) is 66.6 Å². The van der Waals surface area contributed by atoms with Crippen LogP contribution in [0.15, 0.2) is 66.4 Å². The van der Waals surface area contributed by atoms with Crippen molar-refractivity contribution in [1.29, 1.82) is 5.26 Å². The van der Waals surface area contributed by atoms with E-state index in [0.717, 1.165) is 11.3 Å². The van der Waals surface area contributed by atoms with Crippen molar-refractivity contribution in [3.63, 3.8) is 0 Å². The molecule has 4 rings (SSSR count). The smallest absolute Gasteiger partial charge is 0.281 e. The molecule has 0 unspecified atom stereocenters. The Hall–Kier alpha value is -4.06. The predicted molar refractivity (Wildman–Crippen MR) is 152 cm³/mol. The van der Waals surface area contributed by atoms with Gasteiger partial charge in [0.2, 0.25) is 0 Å². The Balaban J connectivity index is 1.62. The molecule has 38 heavy (non-hydrogen) atoms.